The molecule has 2 unspecified atom stereocenters. The molecule has 0 fully saturated rings. The van der Waals surface area contributed by atoms with Gasteiger partial charge in [-0.25, -0.2) is 24.4 Å². The molecule has 0 aliphatic heterocycles. The number of rotatable bonds is 12. The lowest BCUT2D eigenvalue weighted by Gasteiger charge is -2.20. The van der Waals surface area contributed by atoms with Crippen molar-refractivity contribution in [2.45, 2.75) is 12.2 Å². The van der Waals surface area contributed by atoms with Gasteiger partial charge in [0.1, 0.15) is 36.9 Å². The third-order valence-corrected chi connectivity index (χ3v) is 4.60. The summed E-state index contributed by atoms with van der Waals surface area (Å²) in [5.74, 6) is -0.587. The molecule has 0 aliphatic rings. The molecule has 0 aromatic heterocycles. The Balaban J connectivity index is 3.47. The predicted octanol–water partition coefficient (Wildman–Crippen LogP) is -0.757. The summed E-state index contributed by atoms with van der Waals surface area (Å²) in [6, 6.07) is 5.23. The van der Waals surface area contributed by atoms with Crippen molar-refractivity contribution in [1.82, 2.24) is 0 Å². The highest BCUT2D eigenvalue weighted by Gasteiger charge is 2.18. The van der Waals surface area contributed by atoms with Gasteiger partial charge >= 0.3 is 10.4 Å². The van der Waals surface area contributed by atoms with Crippen LogP contribution in [0.5, 0.6) is 11.5 Å². The number of benzene rings is 1. The van der Waals surface area contributed by atoms with E-state index in [1.165, 1.54) is 0 Å². The quantitative estimate of drug-likeness (QED) is 0.139. The van der Waals surface area contributed by atoms with Crippen molar-refractivity contribution in [2.75, 3.05) is 26.4 Å². The summed E-state index contributed by atoms with van der Waals surface area (Å²) in [5, 5.41) is 37.8. The van der Waals surface area contributed by atoms with Crippen LogP contribution in [0.15, 0.2) is 12.1 Å². The van der Waals surface area contributed by atoms with Gasteiger partial charge in [0.25, 0.3) is 11.4 Å². The number of nitriles is 2. The fourth-order valence-electron chi connectivity index (χ4n) is 2.26. The van der Waals surface area contributed by atoms with E-state index in [2.05, 4.69) is 18.1 Å². The van der Waals surface area contributed by atoms with Crippen molar-refractivity contribution < 1.29 is 54.7 Å². The van der Waals surface area contributed by atoms with E-state index in [0.717, 1.165) is 12.1 Å². The standard InChI is InChI=1S/C18H18N4O12S2/c1-21-15(5-19)13-3-18(32-8-12(24)10-34-36(28,29)30)14(16(6-20)22-2)4-17(13)31-7-11(23)9-33-35(25,26)27/h3-4,11-12,23-27H,7-10H2,(H,28,29,30)/b15-13-,16-14+. The SMILES string of the molecule is [C-]#[N+]/C(C#N)=c1/cc(OCC(O)COS(=O)(=O)O)/c(=C(\C#N)[N+]#[C-])cc1OCC(O)COS(O)(O)O. The molecule has 194 valence electrons. The average Bonchev–Trinajstić information content (AvgIpc) is 2.80. The number of hydrogen-bond acceptors (Lipinski definition) is 13. The van der Waals surface area contributed by atoms with Crippen LogP contribution in [0.25, 0.3) is 21.1 Å². The predicted molar refractivity (Wildman–Crippen MR) is 119 cm³/mol. The molecule has 1 aromatic rings. The van der Waals surface area contributed by atoms with Crippen LogP contribution in [-0.4, -0.2) is 75.5 Å². The summed E-state index contributed by atoms with van der Waals surface area (Å²) in [7, 11) is -4.85. The summed E-state index contributed by atoms with van der Waals surface area (Å²) in [5.41, 5.74) is -1.10. The topological polar surface area (TPSA) is 249 Å². The largest absolute Gasteiger partial charge is 0.492 e. The smallest absolute Gasteiger partial charge is 0.397 e. The zero-order valence-corrected chi connectivity index (χ0v) is 19.5. The Morgan fingerprint density at radius 1 is 0.833 bits per heavy atom. The molecule has 0 spiro atoms. The summed E-state index contributed by atoms with van der Waals surface area (Å²) >= 11 is -4.36. The van der Waals surface area contributed by atoms with Crippen molar-refractivity contribution >= 4 is 32.9 Å². The van der Waals surface area contributed by atoms with Gasteiger partial charge in [0.15, 0.2) is 0 Å². The van der Waals surface area contributed by atoms with E-state index in [4.69, 9.17) is 40.8 Å². The van der Waals surface area contributed by atoms with Gasteiger partial charge in [-0.1, -0.05) is 0 Å². The molecule has 2 atom stereocenters. The molecule has 1 rings (SSSR count). The summed E-state index contributed by atoms with van der Waals surface area (Å²) < 4.78 is 75.1. The Morgan fingerprint density at radius 3 is 1.53 bits per heavy atom. The van der Waals surface area contributed by atoms with Gasteiger partial charge in [-0.2, -0.15) is 8.42 Å². The maximum Gasteiger partial charge on any atom is 0.397 e. The van der Waals surface area contributed by atoms with Gasteiger partial charge in [-0.3, -0.25) is 22.4 Å². The molecule has 0 amide bonds. The summed E-state index contributed by atoms with van der Waals surface area (Å²) in [6.07, 6.45) is -3.17. The second-order valence-corrected chi connectivity index (χ2v) is 8.65. The van der Waals surface area contributed by atoms with Crippen LogP contribution in [-0.2, 0) is 18.8 Å². The van der Waals surface area contributed by atoms with Crippen LogP contribution in [0.3, 0.4) is 0 Å². The first kappa shape index (κ1) is 30.5. The number of nitrogens with zero attached hydrogens (tertiary/aromatic N) is 4. The van der Waals surface area contributed by atoms with E-state index in [-0.39, 0.29) is 21.9 Å². The minimum absolute atomic E-state index is 0.225. The highest BCUT2D eigenvalue weighted by molar-refractivity contribution is 8.15. The highest BCUT2D eigenvalue weighted by Crippen LogP contribution is 2.33. The van der Waals surface area contributed by atoms with Gasteiger partial charge in [0.2, 0.25) is 11.2 Å². The van der Waals surface area contributed by atoms with Gasteiger partial charge < -0.3 is 19.7 Å². The second kappa shape index (κ2) is 13.6. The molecule has 6 N–H and O–H groups in total. The van der Waals surface area contributed by atoms with E-state index >= 15 is 0 Å². The first-order valence-corrected chi connectivity index (χ1v) is 11.9. The van der Waals surface area contributed by atoms with E-state index in [9.17, 15) is 29.2 Å². The van der Waals surface area contributed by atoms with Crippen molar-refractivity contribution in [3.63, 3.8) is 0 Å². The first-order valence-electron chi connectivity index (χ1n) is 9.11. The van der Waals surface area contributed by atoms with Crippen LogP contribution in [0.1, 0.15) is 0 Å². The Bertz CT molecular complexity index is 1320. The molecule has 0 bridgehead atoms. The van der Waals surface area contributed by atoms with Crippen molar-refractivity contribution in [3.8, 4) is 23.6 Å². The van der Waals surface area contributed by atoms with E-state index in [1.54, 1.807) is 12.1 Å². The van der Waals surface area contributed by atoms with E-state index in [1.807, 2.05) is 0 Å². The Kier molecular flexibility index (Phi) is 11.5. The average molecular weight is 546 g/mol. The second-order valence-electron chi connectivity index (χ2n) is 6.38. The van der Waals surface area contributed by atoms with Crippen LogP contribution in [0.4, 0.5) is 0 Å². The van der Waals surface area contributed by atoms with E-state index < -0.39 is 71.6 Å². The molecule has 0 saturated heterocycles. The van der Waals surface area contributed by atoms with Crippen molar-refractivity contribution in [1.29, 1.82) is 10.5 Å². The maximum atomic E-state index is 10.6. The van der Waals surface area contributed by atoms with Gasteiger partial charge in [0, 0.05) is 10.4 Å². The number of aliphatic hydroxyl groups is 2. The van der Waals surface area contributed by atoms with Crippen LogP contribution < -0.4 is 19.9 Å². The minimum Gasteiger partial charge on any atom is -0.492 e. The number of hydrogen-bond donors (Lipinski definition) is 6. The van der Waals surface area contributed by atoms with Gasteiger partial charge in [-0.05, 0) is 12.1 Å². The zero-order chi connectivity index (χ0) is 27.5. The minimum atomic E-state index is -4.85. The molecular formula is C18H18N4O12S2. The van der Waals surface area contributed by atoms with Gasteiger partial charge in [0.05, 0.1) is 38.5 Å². The van der Waals surface area contributed by atoms with Crippen LogP contribution >= 0.6 is 11.2 Å². The lowest BCUT2D eigenvalue weighted by molar-refractivity contribution is 0.0512. The molecule has 0 radical (unpaired) electrons. The van der Waals surface area contributed by atoms with Crippen molar-refractivity contribution in [2.24, 2.45) is 0 Å². The fourth-order valence-corrected chi connectivity index (χ4v) is 2.93. The molecule has 1 aromatic carbocycles. The Morgan fingerprint density at radius 2 is 1.22 bits per heavy atom. The first-order chi connectivity index (χ1) is 16.7. The Hall–Kier alpha value is -3.50. The zero-order valence-electron chi connectivity index (χ0n) is 17.9. The summed E-state index contributed by atoms with van der Waals surface area (Å²) in [4.78, 5) is 6.06. The molecule has 18 heteroatoms. The highest BCUT2D eigenvalue weighted by atomic mass is 32.3. The van der Waals surface area contributed by atoms with Gasteiger partial charge in [-0.15, -0.1) is 0 Å². The summed E-state index contributed by atoms with van der Waals surface area (Å²) in [6.45, 7) is 11.4. The fraction of sp³-hybridized carbons (Fsp3) is 0.333. The lowest BCUT2D eigenvalue weighted by atomic mass is 10.1. The molecule has 0 saturated carbocycles. The molecule has 36 heavy (non-hydrogen) atoms. The lowest BCUT2D eigenvalue weighted by Crippen LogP contribution is -2.29. The van der Waals surface area contributed by atoms with Crippen molar-refractivity contribution in [3.05, 3.63) is 45.4 Å². The van der Waals surface area contributed by atoms with E-state index in [0.29, 0.717) is 0 Å². The Labute approximate surface area is 206 Å². The molecule has 0 aliphatic carbocycles. The molecule has 0 heterocycles. The maximum absolute atomic E-state index is 10.6. The normalized spacial score (nSPS) is 15.2. The third-order valence-electron chi connectivity index (χ3n) is 3.72. The number of aliphatic hydroxyl groups excluding tert-OH is 2. The monoisotopic (exact) mass is 546 g/mol. The third kappa shape index (κ3) is 10.4. The molecule has 16 nitrogen and oxygen atoms in total. The number of ether oxygens (including phenoxy) is 2. The molecular weight excluding hydrogens is 528 g/mol. The van der Waals surface area contributed by atoms with Crippen LogP contribution in [0, 0.1) is 35.8 Å². The van der Waals surface area contributed by atoms with Crippen LogP contribution in [0.2, 0.25) is 0 Å².